The van der Waals surface area contributed by atoms with Crippen molar-refractivity contribution >= 4 is 11.5 Å². The summed E-state index contributed by atoms with van der Waals surface area (Å²) in [7, 11) is 1.65. The molecule has 0 aliphatic carbocycles. The zero-order chi connectivity index (χ0) is 13.3. The molecule has 0 atom stereocenters. The van der Waals surface area contributed by atoms with Crippen molar-refractivity contribution in [3.05, 3.63) is 28.7 Å². The fourth-order valence-electron chi connectivity index (χ4n) is 2.02. The molecule has 2 aromatic rings. The van der Waals surface area contributed by atoms with Crippen molar-refractivity contribution in [2.45, 2.75) is 20.3 Å². The Morgan fingerprint density at radius 3 is 2.83 bits per heavy atom. The first kappa shape index (κ1) is 12.5. The third-order valence-corrected chi connectivity index (χ3v) is 2.83. The summed E-state index contributed by atoms with van der Waals surface area (Å²) in [6.07, 6.45) is 0.647. The van der Waals surface area contributed by atoms with Gasteiger partial charge in [0.15, 0.2) is 11.5 Å². The zero-order valence-electron chi connectivity index (χ0n) is 10.8. The van der Waals surface area contributed by atoms with E-state index in [9.17, 15) is 0 Å². The van der Waals surface area contributed by atoms with Gasteiger partial charge in [0.1, 0.15) is 5.84 Å². The van der Waals surface area contributed by atoms with Gasteiger partial charge in [-0.05, 0) is 25.5 Å². The van der Waals surface area contributed by atoms with Crippen LogP contribution in [0.5, 0.6) is 0 Å². The van der Waals surface area contributed by atoms with E-state index in [0.717, 1.165) is 11.3 Å². The summed E-state index contributed by atoms with van der Waals surface area (Å²) in [5, 5.41) is 12.1. The monoisotopic (exact) mass is 247 g/mol. The molecule has 18 heavy (non-hydrogen) atoms. The van der Waals surface area contributed by atoms with E-state index in [2.05, 4.69) is 10.1 Å². The highest BCUT2D eigenvalue weighted by molar-refractivity contribution is 6.01. The molecule has 0 unspecified atom stereocenters. The molecule has 0 aliphatic rings. The smallest absolute Gasteiger partial charge is 0.167 e. The second kappa shape index (κ2) is 4.73. The van der Waals surface area contributed by atoms with Gasteiger partial charge in [-0.3, -0.25) is 5.41 Å². The zero-order valence-corrected chi connectivity index (χ0v) is 10.8. The van der Waals surface area contributed by atoms with Crippen molar-refractivity contribution in [2.24, 2.45) is 5.73 Å². The van der Waals surface area contributed by atoms with Gasteiger partial charge in [0, 0.05) is 19.2 Å². The van der Waals surface area contributed by atoms with E-state index < -0.39 is 0 Å². The van der Waals surface area contributed by atoms with Crippen molar-refractivity contribution in [3.8, 4) is 0 Å². The van der Waals surface area contributed by atoms with Crippen LogP contribution in [-0.2, 0) is 11.2 Å². The molecule has 2 rings (SSSR count). The van der Waals surface area contributed by atoms with Gasteiger partial charge in [-0.2, -0.15) is 5.10 Å². The van der Waals surface area contributed by atoms with Gasteiger partial charge in [0.05, 0.1) is 12.2 Å². The van der Waals surface area contributed by atoms with Crippen molar-refractivity contribution in [2.75, 3.05) is 13.7 Å². The summed E-state index contributed by atoms with van der Waals surface area (Å²) in [6, 6.07) is 1.96. The average molecular weight is 247 g/mol. The fourth-order valence-corrected chi connectivity index (χ4v) is 2.02. The first-order valence-electron chi connectivity index (χ1n) is 5.73. The summed E-state index contributed by atoms with van der Waals surface area (Å²) >= 11 is 0. The normalized spacial score (nSPS) is 11.1. The molecule has 0 aromatic carbocycles. The van der Waals surface area contributed by atoms with Crippen LogP contribution >= 0.6 is 0 Å². The molecule has 3 N–H and O–H groups in total. The maximum atomic E-state index is 7.65. The quantitative estimate of drug-likeness (QED) is 0.618. The number of rotatable bonds is 4. The lowest BCUT2D eigenvalue weighted by Crippen LogP contribution is -2.15. The van der Waals surface area contributed by atoms with Gasteiger partial charge >= 0.3 is 0 Å². The van der Waals surface area contributed by atoms with E-state index in [-0.39, 0.29) is 5.84 Å². The number of hydrogen-bond donors (Lipinski definition) is 2. The number of nitrogen functional groups attached to an aromatic ring is 1. The van der Waals surface area contributed by atoms with Crippen LogP contribution in [0.2, 0.25) is 0 Å². The van der Waals surface area contributed by atoms with Gasteiger partial charge < -0.3 is 10.5 Å². The van der Waals surface area contributed by atoms with Crippen LogP contribution < -0.4 is 5.73 Å². The van der Waals surface area contributed by atoms with E-state index in [1.165, 1.54) is 0 Å². The largest absolute Gasteiger partial charge is 0.384 e. The number of ether oxygens (including phenoxy) is 1. The Morgan fingerprint density at radius 2 is 2.22 bits per heavy atom. The number of methoxy groups -OCH3 is 1. The summed E-state index contributed by atoms with van der Waals surface area (Å²) in [4.78, 5) is 4.44. The number of pyridine rings is 1. The summed E-state index contributed by atoms with van der Waals surface area (Å²) in [5.74, 6) is 0.719. The number of fused-ring (bicyclic) bond motifs is 1. The van der Waals surface area contributed by atoms with Gasteiger partial charge in [-0.15, -0.1) is 0 Å². The van der Waals surface area contributed by atoms with Crippen LogP contribution in [0, 0.1) is 19.3 Å². The van der Waals surface area contributed by atoms with Crippen LogP contribution in [0.1, 0.15) is 22.6 Å². The molecule has 0 saturated carbocycles. The molecule has 6 heteroatoms. The Bertz CT molecular complexity index is 602. The second-order valence-corrected chi connectivity index (χ2v) is 4.26. The first-order chi connectivity index (χ1) is 8.54. The molecular weight excluding hydrogens is 230 g/mol. The van der Waals surface area contributed by atoms with E-state index in [4.69, 9.17) is 15.9 Å². The van der Waals surface area contributed by atoms with Crippen molar-refractivity contribution in [3.63, 3.8) is 0 Å². The minimum absolute atomic E-state index is 0.0168. The fraction of sp³-hybridized carbons (Fsp3) is 0.417. The van der Waals surface area contributed by atoms with Crippen LogP contribution in [0.15, 0.2) is 6.07 Å². The summed E-state index contributed by atoms with van der Waals surface area (Å²) < 4.78 is 6.75. The third-order valence-electron chi connectivity index (χ3n) is 2.83. The van der Waals surface area contributed by atoms with Gasteiger partial charge in [-0.25, -0.2) is 9.50 Å². The van der Waals surface area contributed by atoms with Crippen LogP contribution in [0.3, 0.4) is 0 Å². The number of nitrogens with two attached hydrogens (primary N) is 1. The van der Waals surface area contributed by atoms with Crippen LogP contribution in [0.4, 0.5) is 0 Å². The molecular formula is C12H17N5O. The molecule has 0 amide bonds. The number of amidine groups is 1. The lowest BCUT2D eigenvalue weighted by Gasteiger charge is -2.07. The number of nitrogens with zero attached hydrogens (tertiary/aromatic N) is 3. The molecule has 0 bridgehead atoms. The minimum atomic E-state index is 0.0168. The highest BCUT2D eigenvalue weighted by atomic mass is 16.5. The van der Waals surface area contributed by atoms with Crippen LogP contribution in [0.25, 0.3) is 5.65 Å². The Kier molecular flexibility index (Phi) is 3.29. The number of aryl methyl sites for hydroxylation is 2. The van der Waals surface area contributed by atoms with Gasteiger partial charge in [0.25, 0.3) is 0 Å². The second-order valence-electron chi connectivity index (χ2n) is 4.26. The predicted octanol–water partition coefficient (Wildman–Crippen LogP) is 0.819. The topological polar surface area (TPSA) is 89.3 Å². The number of nitrogens with one attached hydrogen (secondary N) is 1. The minimum Gasteiger partial charge on any atom is -0.384 e. The van der Waals surface area contributed by atoms with E-state index in [1.54, 1.807) is 11.6 Å². The summed E-state index contributed by atoms with van der Waals surface area (Å²) in [6.45, 7) is 4.45. The summed E-state index contributed by atoms with van der Waals surface area (Å²) in [5.41, 5.74) is 8.83. The molecule has 0 fully saturated rings. The van der Waals surface area contributed by atoms with Crippen molar-refractivity contribution in [1.29, 1.82) is 5.41 Å². The maximum absolute atomic E-state index is 7.65. The Labute approximate surface area is 105 Å². The van der Waals surface area contributed by atoms with E-state index >= 15 is 0 Å². The lowest BCUT2D eigenvalue weighted by atomic mass is 10.1. The van der Waals surface area contributed by atoms with E-state index in [1.807, 2.05) is 19.9 Å². The molecule has 0 spiro atoms. The Hall–Kier alpha value is -1.95. The van der Waals surface area contributed by atoms with Gasteiger partial charge in [-0.1, -0.05) is 0 Å². The molecule has 0 radical (unpaired) electrons. The molecule has 2 heterocycles. The van der Waals surface area contributed by atoms with Crippen LogP contribution in [-0.4, -0.2) is 34.2 Å². The molecule has 0 aliphatic heterocycles. The molecule has 2 aromatic heterocycles. The Morgan fingerprint density at radius 1 is 1.50 bits per heavy atom. The predicted molar refractivity (Wildman–Crippen MR) is 69.1 cm³/mol. The van der Waals surface area contributed by atoms with Crippen molar-refractivity contribution in [1.82, 2.24) is 14.6 Å². The SMILES string of the molecule is COCCc1nc2c(C(=N)N)c(C)cc(C)n2n1. The molecule has 0 saturated heterocycles. The maximum Gasteiger partial charge on any atom is 0.167 e. The van der Waals surface area contributed by atoms with Gasteiger partial charge in [0.2, 0.25) is 0 Å². The van der Waals surface area contributed by atoms with E-state index in [0.29, 0.717) is 30.1 Å². The lowest BCUT2D eigenvalue weighted by molar-refractivity contribution is 0.200. The molecule has 6 nitrogen and oxygen atoms in total. The van der Waals surface area contributed by atoms with Crippen molar-refractivity contribution < 1.29 is 4.74 Å². The number of aromatic nitrogens is 3. The highest BCUT2D eigenvalue weighted by Gasteiger charge is 2.14. The molecule has 96 valence electrons. The number of hydrogen-bond acceptors (Lipinski definition) is 4. The third kappa shape index (κ3) is 2.06. The average Bonchev–Trinajstić information content (AvgIpc) is 2.69. The highest BCUT2D eigenvalue weighted by Crippen LogP contribution is 2.16. The first-order valence-corrected chi connectivity index (χ1v) is 5.73. The standard InChI is InChI=1S/C12H17N5O/c1-7-6-8(2)17-12(10(7)11(13)14)15-9(16-17)4-5-18-3/h6H,4-5H2,1-3H3,(H3,13,14). The Balaban J connectivity index is 2.62.